The molecular formula is CeN2O6-2. The van der Waals surface area contributed by atoms with Gasteiger partial charge in [0.05, 0.1) is 10.2 Å². The van der Waals surface area contributed by atoms with Crippen molar-refractivity contribution in [2.75, 3.05) is 0 Å². The van der Waals surface area contributed by atoms with E-state index in [0.29, 0.717) is 0 Å². The summed E-state index contributed by atoms with van der Waals surface area (Å²) >= 11 is 0. The van der Waals surface area contributed by atoms with Crippen LogP contribution in [0.4, 0.5) is 0 Å². The molecule has 0 spiro atoms. The molecule has 0 N–H and O–H groups in total. The van der Waals surface area contributed by atoms with Gasteiger partial charge in [0.1, 0.15) is 0 Å². The summed E-state index contributed by atoms with van der Waals surface area (Å²) in [6.07, 6.45) is 0. The number of nitrogens with zero attached hydrogens (tertiary/aromatic N) is 2. The van der Waals surface area contributed by atoms with Gasteiger partial charge in [0.15, 0.2) is 0 Å². The third kappa shape index (κ3) is 5200. The molecule has 0 aliphatic rings. The van der Waals surface area contributed by atoms with E-state index in [9.17, 15) is 0 Å². The van der Waals surface area contributed by atoms with Gasteiger partial charge in [0.2, 0.25) is 0 Å². The van der Waals surface area contributed by atoms with Crippen LogP contribution in [0, 0.1) is 72.4 Å². The summed E-state index contributed by atoms with van der Waals surface area (Å²) in [5.41, 5.74) is 0. The molecule has 0 atom stereocenters. The smallest absolute Gasteiger partial charge is 0.0689 e. The first kappa shape index (κ1) is 15.9. The van der Waals surface area contributed by atoms with Crippen molar-refractivity contribution in [1.29, 1.82) is 0 Å². The predicted octanol–water partition coefficient (Wildman–Crippen LogP) is -0.478. The summed E-state index contributed by atoms with van der Waals surface area (Å²) in [6.45, 7) is 0. The van der Waals surface area contributed by atoms with Crippen LogP contribution in [0.15, 0.2) is 0 Å². The van der Waals surface area contributed by atoms with Crippen molar-refractivity contribution in [1.82, 2.24) is 0 Å². The SMILES string of the molecule is O=[N+]([O-])[O-].O=[N+]([O-])[O-].[Ce]. The first-order valence-corrected chi connectivity index (χ1v) is 1.10. The largest absolute Gasteiger partial charge is 0.356 e. The Morgan fingerprint density at radius 3 is 0.778 bits per heavy atom. The van der Waals surface area contributed by atoms with E-state index in [1.165, 1.54) is 0 Å². The Labute approximate surface area is 82.1 Å². The molecule has 0 saturated carbocycles. The van der Waals surface area contributed by atoms with Crippen molar-refractivity contribution in [2.24, 2.45) is 0 Å². The monoisotopic (exact) mass is 264 g/mol. The summed E-state index contributed by atoms with van der Waals surface area (Å²) in [5, 5.41) is 29.5. The van der Waals surface area contributed by atoms with Gasteiger partial charge < -0.3 is 30.6 Å². The Hall–Kier alpha value is -0.223. The van der Waals surface area contributed by atoms with Gasteiger partial charge in [-0.25, -0.2) is 0 Å². The van der Waals surface area contributed by atoms with E-state index in [-0.39, 0.29) is 41.7 Å². The molecule has 0 amide bonds. The minimum absolute atomic E-state index is 0. The second-order valence-corrected chi connectivity index (χ2v) is 0.447. The van der Waals surface area contributed by atoms with E-state index < -0.39 is 10.2 Å². The Morgan fingerprint density at radius 1 is 0.778 bits per heavy atom. The van der Waals surface area contributed by atoms with Crippen molar-refractivity contribution in [3.05, 3.63) is 30.6 Å². The Balaban J connectivity index is -0.0000000720. The molecule has 0 aliphatic heterocycles. The summed E-state index contributed by atoms with van der Waals surface area (Å²) in [4.78, 5) is 16.5. The maximum atomic E-state index is 8.25. The first-order chi connectivity index (χ1) is 3.46. The zero-order valence-electron chi connectivity index (χ0n) is 3.84. The van der Waals surface area contributed by atoms with Gasteiger partial charge >= 0.3 is 0 Å². The Bertz CT molecular complexity index is 69.1. The molecule has 8 nitrogen and oxygen atoms in total. The molecule has 0 fully saturated rings. The number of rotatable bonds is 0. The molecule has 0 bridgehead atoms. The summed E-state index contributed by atoms with van der Waals surface area (Å²) in [5.74, 6) is 0. The van der Waals surface area contributed by atoms with Crippen LogP contribution in [0.25, 0.3) is 0 Å². The molecular weight excluding hydrogens is 264 g/mol. The van der Waals surface area contributed by atoms with Crippen LogP contribution >= 0.6 is 0 Å². The van der Waals surface area contributed by atoms with E-state index in [2.05, 4.69) is 0 Å². The molecule has 52 valence electrons. The zero-order valence-corrected chi connectivity index (χ0v) is 6.98. The molecule has 0 aromatic heterocycles. The summed E-state index contributed by atoms with van der Waals surface area (Å²) in [6, 6.07) is 0. The van der Waals surface area contributed by atoms with Crippen molar-refractivity contribution in [3.8, 4) is 0 Å². The van der Waals surface area contributed by atoms with Crippen LogP contribution in [-0.2, 0) is 0 Å². The van der Waals surface area contributed by atoms with Crippen molar-refractivity contribution >= 4 is 0 Å². The zero-order chi connectivity index (χ0) is 7.15. The van der Waals surface area contributed by atoms with Gasteiger partial charge in [0, 0.05) is 41.7 Å². The van der Waals surface area contributed by atoms with E-state index in [4.69, 9.17) is 30.6 Å². The quantitative estimate of drug-likeness (QED) is 0.428. The first-order valence-electron chi connectivity index (χ1n) is 1.10. The fraction of sp³-hybridized carbons (Fsp3) is 0. The van der Waals surface area contributed by atoms with E-state index in [0.717, 1.165) is 0 Å². The van der Waals surface area contributed by atoms with Crippen LogP contribution in [0.5, 0.6) is 0 Å². The standard InChI is InChI=1S/Ce.2NO3/c;2*2-1(3)4/q;2*-1. The number of hydrogen-bond acceptors (Lipinski definition) is 6. The molecule has 9 heavy (non-hydrogen) atoms. The molecule has 0 aromatic rings. The van der Waals surface area contributed by atoms with Gasteiger partial charge in [-0.2, -0.15) is 0 Å². The minimum atomic E-state index is -1.75. The normalized spacial score (nSPS) is 5.33. The van der Waals surface area contributed by atoms with Crippen molar-refractivity contribution in [3.63, 3.8) is 0 Å². The maximum absolute atomic E-state index is 8.25. The van der Waals surface area contributed by atoms with Crippen LogP contribution in [0.1, 0.15) is 0 Å². The van der Waals surface area contributed by atoms with Gasteiger partial charge in [-0.05, 0) is 0 Å². The second kappa shape index (κ2) is 10.7. The number of hydrogen-bond donors (Lipinski definition) is 0. The topological polar surface area (TPSA) is 132 Å². The molecule has 0 radical (unpaired) electrons. The second-order valence-electron chi connectivity index (χ2n) is 0.447. The van der Waals surface area contributed by atoms with E-state index in [1.54, 1.807) is 0 Å². The molecule has 0 heterocycles. The average Bonchev–Trinajstić information content (AvgIpc) is 1.25. The van der Waals surface area contributed by atoms with E-state index >= 15 is 0 Å². The summed E-state index contributed by atoms with van der Waals surface area (Å²) in [7, 11) is 0. The van der Waals surface area contributed by atoms with Crippen molar-refractivity contribution in [2.45, 2.75) is 0 Å². The van der Waals surface area contributed by atoms with Crippen LogP contribution in [-0.4, -0.2) is 10.2 Å². The predicted molar refractivity (Wildman–Crippen MR) is 20.7 cm³/mol. The summed E-state index contributed by atoms with van der Waals surface area (Å²) < 4.78 is 0. The molecule has 0 saturated heterocycles. The average molecular weight is 264 g/mol. The third-order valence-electron chi connectivity index (χ3n) is 0. The van der Waals surface area contributed by atoms with Crippen molar-refractivity contribution < 1.29 is 51.9 Å². The van der Waals surface area contributed by atoms with Crippen LogP contribution < -0.4 is 0 Å². The third-order valence-corrected chi connectivity index (χ3v) is 0. The molecule has 0 unspecified atom stereocenters. The Kier molecular flexibility index (Phi) is 18.9. The maximum Gasteiger partial charge on any atom is 0.0689 e. The molecule has 9 heteroatoms. The van der Waals surface area contributed by atoms with Gasteiger partial charge in [0.25, 0.3) is 0 Å². The fourth-order valence-electron chi connectivity index (χ4n) is 0. The van der Waals surface area contributed by atoms with Crippen LogP contribution in [0.2, 0.25) is 0 Å². The fourth-order valence-corrected chi connectivity index (χ4v) is 0. The van der Waals surface area contributed by atoms with Gasteiger partial charge in [-0.3, -0.25) is 0 Å². The molecule has 0 aromatic carbocycles. The van der Waals surface area contributed by atoms with Gasteiger partial charge in [-0.15, -0.1) is 0 Å². The molecule has 0 aliphatic carbocycles. The Morgan fingerprint density at radius 2 is 0.778 bits per heavy atom. The van der Waals surface area contributed by atoms with E-state index in [1.807, 2.05) is 0 Å². The minimum Gasteiger partial charge on any atom is -0.356 e. The van der Waals surface area contributed by atoms with Crippen LogP contribution in [0.3, 0.4) is 0 Å². The molecule has 0 rings (SSSR count). The van der Waals surface area contributed by atoms with Gasteiger partial charge in [-0.1, -0.05) is 0 Å².